The maximum absolute atomic E-state index is 13.9. The third-order valence-corrected chi connectivity index (χ3v) is 10.4. The molecule has 6 rings (SSSR count). The molecule has 3 aromatic rings. The number of carbonyl (C=O) groups excluding carboxylic acids is 4. The summed E-state index contributed by atoms with van der Waals surface area (Å²) in [6.07, 6.45) is -3.16. The van der Waals surface area contributed by atoms with Crippen molar-refractivity contribution in [2.75, 3.05) is 0 Å². The molecule has 1 spiro atoms. The zero-order chi connectivity index (χ0) is 33.6. The number of benzene rings is 3. The van der Waals surface area contributed by atoms with Gasteiger partial charge in [0.25, 0.3) is 0 Å². The van der Waals surface area contributed by atoms with Gasteiger partial charge in [-0.1, -0.05) is 61.5 Å². The van der Waals surface area contributed by atoms with Crippen molar-refractivity contribution in [1.29, 1.82) is 0 Å². The summed E-state index contributed by atoms with van der Waals surface area (Å²) in [5.74, 6) is -3.36. The van der Waals surface area contributed by atoms with Crippen LogP contribution in [0, 0.1) is 17.3 Å². The van der Waals surface area contributed by atoms with E-state index in [4.69, 9.17) is 23.7 Å². The molecule has 2 bridgehead atoms. The largest absolute Gasteiger partial charge is 0.459 e. The summed E-state index contributed by atoms with van der Waals surface area (Å²) in [5, 5.41) is 0. The minimum absolute atomic E-state index is 0.239. The highest BCUT2D eigenvalue weighted by atomic mass is 16.6. The standard InChI is InChI=1S/C38H40O9/c1-23-21-22-28(44-33(40)25-15-9-6-10-16-25)37(5)32(46-35(42)27-19-13-8-14-20-27)30(45-34(41)26-17-11-7-12-18-26)29-31(43-24(2)39)38(23,37)47-36(29,3)4/h6-20,23,28-32H,21-22H2,1-5H3/t23-,28+,29-,30-,31-,32-,37+,38-/m1/s1. The predicted octanol–water partition coefficient (Wildman–Crippen LogP) is 6.21. The van der Waals surface area contributed by atoms with Gasteiger partial charge in [-0.05, 0) is 75.9 Å². The summed E-state index contributed by atoms with van der Waals surface area (Å²) >= 11 is 0. The number of carbonyl (C=O) groups is 4. The van der Waals surface area contributed by atoms with Gasteiger partial charge < -0.3 is 23.7 Å². The predicted molar refractivity (Wildman–Crippen MR) is 170 cm³/mol. The SMILES string of the molecule is CC(=O)O[C@@H]1[C@H]2[C@@H](OC(=O)c3ccccc3)[C@@H](OC(=O)c3ccccc3)[C@]3(C)[C@@H](OC(=O)c4ccccc4)CC[C@@H](C)[C@@]13OC2(C)C. The van der Waals surface area contributed by atoms with Crippen molar-refractivity contribution < 1.29 is 42.9 Å². The van der Waals surface area contributed by atoms with E-state index >= 15 is 0 Å². The molecule has 3 fully saturated rings. The van der Waals surface area contributed by atoms with Gasteiger partial charge in [-0.25, -0.2) is 14.4 Å². The summed E-state index contributed by atoms with van der Waals surface area (Å²) in [6, 6.07) is 25.7. The second-order valence-electron chi connectivity index (χ2n) is 13.5. The minimum atomic E-state index is -1.36. The molecule has 3 aromatic carbocycles. The van der Waals surface area contributed by atoms with Crippen LogP contribution < -0.4 is 0 Å². The Morgan fingerprint density at radius 1 is 0.638 bits per heavy atom. The third kappa shape index (κ3) is 5.40. The summed E-state index contributed by atoms with van der Waals surface area (Å²) in [4.78, 5) is 54.2. The van der Waals surface area contributed by atoms with Crippen LogP contribution in [0.15, 0.2) is 91.0 Å². The fourth-order valence-electron chi connectivity index (χ4n) is 8.33. The molecule has 0 amide bonds. The molecule has 0 N–H and O–H groups in total. The fraction of sp³-hybridized carbons (Fsp3) is 0.421. The Kier molecular flexibility index (Phi) is 8.47. The van der Waals surface area contributed by atoms with Gasteiger partial charge in [-0.3, -0.25) is 4.79 Å². The topological polar surface area (TPSA) is 114 Å². The Balaban J connectivity index is 1.54. The number of hydrogen-bond acceptors (Lipinski definition) is 9. The zero-order valence-electron chi connectivity index (χ0n) is 27.2. The highest BCUT2D eigenvalue weighted by Crippen LogP contribution is 2.68. The van der Waals surface area contributed by atoms with E-state index in [2.05, 4.69) is 0 Å². The molecule has 0 radical (unpaired) electrons. The van der Waals surface area contributed by atoms with Crippen molar-refractivity contribution in [3.8, 4) is 0 Å². The van der Waals surface area contributed by atoms with E-state index in [-0.39, 0.29) is 5.92 Å². The van der Waals surface area contributed by atoms with Crippen molar-refractivity contribution >= 4 is 23.9 Å². The highest BCUT2D eigenvalue weighted by molar-refractivity contribution is 5.91. The van der Waals surface area contributed by atoms with Gasteiger partial charge in [-0.2, -0.15) is 0 Å². The van der Waals surface area contributed by atoms with Crippen LogP contribution in [-0.2, 0) is 28.5 Å². The molecule has 2 aliphatic carbocycles. The number of hydrogen-bond donors (Lipinski definition) is 0. The van der Waals surface area contributed by atoms with Gasteiger partial charge >= 0.3 is 23.9 Å². The van der Waals surface area contributed by atoms with Crippen LogP contribution in [0.5, 0.6) is 0 Å². The Morgan fingerprint density at radius 2 is 1.11 bits per heavy atom. The molecule has 1 heterocycles. The van der Waals surface area contributed by atoms with Crippen LogP contribution in [0.3, 0.4) is 0 Å². The maximum Gasteiger partial charge on any atom is 0.338 e. The summed E-state index contributed by atoms with van der Waals surface area (Å²) < 4.78 is 32.4. The molecule has 47 heavy (non-hydrogen) atoms. The monoisotopic (exact) mass is 640 g/mol. The molecule has 8 atom stereocenters. The lowest BCUT2D eigenvalue weighted by Gasteiger charge is -2.62. The maximum atomic E-state index is 13.9. The lowest BCUT2D eigenvalue weighted by Crippen LogP contribution is -2.76. The Bertz CT molecular complexity index is 1640. The molecular weight excluding hydrogens is 600 g/mol. The average Bonchev–Trinajstić information content (AvgIpc) is 3.26. The van der Waals surface area contributed by atoms with Gasteiger partial charge in [0.1, 0.15) is 23.9 Å². The van der Waals surface area contributed by atoms with E-state index in [1.54, 1.807) is 91.0 Å². The molecule has 1 saturated heterocycles. The van der Waals surface area contributed by atoms with Crippen LogP contribution in [-0.4, -0.2) is 59.5 Å². The number of ether oxygens (including phenoxy) is 5. The van der Waals surface area contributed by atoms with Gasteiger partial charge in [0, 0.05) is 6.92 Å². The van der Waals surface area contributed by atoms with Crippen LogP contribution >= 0.6 is 0 Å². The number of fused-ring (bicyclic) bond motifs is 1. The summed E-state index contributed by atoms with van der Waals surface area (Å²) in [6.45, 7) is 8.90. The first-order chi connectivity index (χ1) is 22.4. The van der Waals surface area contributed by atoms with Crippen molar-refractivity contribution in [2.45, 2.75) is 83.1 Å². The van der Waals surface area contributed by atoms with Crippen LogP contribution in [0.4, 0.5) is 0 Å². The van der Waals surface area contributed by atoms with E-state index in [0.717, 1.165) is 0 Å². The second kappa shape index (κ2) is 12.3. The molecular formula is C38H40O9. The van der Waals surface area contributed by atoms with E-state index < -0.39 is 70.8 Å². The quantitative estimate of drug-likeness (QED) is 0.220. The van der Waals surface area contributed by atoms with Gasteiger partial charge in [0.2, 0.25) is 0 Å². The summed E-state index contributed by atoms with van der Waals surface area (Å²) in [7, 11) is 0. The molecule has 2 saturated carbocycles. The van der Waals surface area contributed by atoms with Gasteiger partial charge in [0.15, 0.2) is 6.10 Å². The van der Waals surface area contributed by atoms with Crippen molar-refractivity contribution in [3.63, 3.8) is 0 Å². The first-order valence-corrected chi connectivity index (χ1v) is 16.1. The number of esters is 4. The first kappa shape index (κ1) is 32.4. The molecule has 3 aliphatic rings. The first-order valence-electron chi connectivity index (χ1n) is 16.1. The van der Waals surface area contributed by atoms with E-state index in [0.29, 0.717) is 29.5 Å². The fourth-order valence-corrected chi connectivity index (χ4v) is 8.33. The number of rotatable bonds is 7. The van der Waals surface area contributed by atoms with Crippen LogP contribution in [0.2, 0.25) is 0 Å². The normalized spacial score (nSPS) is 31.9. The Labute approximate surface area is 274 Å². The average molecular weight is 641 g/mol. The Morgan fingerprint density at radius 3 is 1.60 bits per heavy atom. The van der Waals surface area contributed by atoms with E-state index in [1.807, 2.05) is 27.7 Å². The Hall–Kier alpha value is -4.50. The molecule has 0 aromatic heterocycles. The minimum Gasteiger partial charge on any atom is -0.459 e. The molecule has 9 heteroatoms. The smallest absolute Gasteiger partial charge is 0.338 e. The van der Waals surface area contributed by atoms with E-state index in [1.165, 1.54) is 6.92 Å². The zero-order valence-corrected chi connectivity index (χ0v) is 27.2. The highest BCUT2D eigenvalue weighted by Gasteiger charge is 2.82. The third-order valence-electron chi connectivity index (χ3n) is 10.4. The molecule has 9 nitrogen and oxygen atoms in total. The molecule has 0 unspecified atom stereocenters. The van der Waals surface area contributed by atoms with Crippen LogP contribution in [0.25, 0.3) is 0 Å². The van der Waals surface area contributed by atoms with E-state index in [9.17, 15) is 19.2 Å². The summed E-state index contributed by atoms with van der Waals surface area (Å²) in [5.41, 5.74) is -2.72. The molecule has 246 valence electrons. The van der Waals surface area contributed by atoms with Crippen molar-refractivity contribution in [1.82, 2.24) is 0 Å². The van der Waals surface area contributed by atoms with Crippen molar-refractivity contribution in [2.24, 2.45) is 17.3 Å². The second-order valence-corrected chi connectivity index (χ2v) is 13.5. The molecule has 1 aliphatic heterocycles. The lowest BCUT2D eigenvalue weighted by molar-refractivity contribution is -0.294. The van der Waals surface area contributed by atoms with Crippen molar-refractivity contribution in [3.05, 3.63) is 108 Å². The van der Waals surface area contributed by atoms with Crippen LogP contribution in [0.1, 0.15) is 78.5 Å². The van der Waals surface area contributed by atoms with Gasteiger partial charge in [0.05, 0.1) is 33.6 Å². The lowest BCUT2D eigenvalue weighted by atomic mass is 9.48. The van der Waals surface area contributed by atoms with Gasteiger partial charge in [-0.15, -0.1) is 0 Å².